The normalized spacial score (nSPS) is 15.2. The van der Waals surface area contributed by atoms with Crippen LogP contribution in [-0.2, 0) is 71.2 Å². The summed E-state index contributed by atoms with van der Waals surface area (Å²) >= 11 is 0. The zero-order chi connectivity index (χ0) is 44.1. The summed E-state index contributed by atoms with van der Waals surface area (Å²) in [6, 6.07) is 3.90. The molecule has 0 aromatic heterocycles. The van der Waals surface area contributed by atoms with Crippen molar-refractivity contribution >= 4 is 29.3 Å². The van der Waals surface area contributed by atoms with Crippen LogP contribution in [0.25, 0.3) is 0 Å². The number of carbonyl (C=O) groups is 4. The molecule has 1 unspecified atom stereocenters. The Kier molecular flexibility index (Phi) is 30.9. The molecule has 0 spiro atoms. The summed E-state index contributed by atoms with van der Waals surface area (Å²) < 4.78 is 71.1. The molecule has 1 fully saturated rings. The smallest absolute Gasteiger partial charge is 0.264 e. The number of imide groups is 2. The third kappa shape index (κ3) is 23.4. The van der Waals surface area contributed by atoms with Crippen molar-refractivity contribution in [3.8, 4) is 0 Å². The molecule has 2 aliphatic heterocycles. The van der Waals surface area contributed by atoms with Gasteiger partial charge in [-0.15, -0.1) is 0 Å². The summed E-state index contributed by atoms with van der Waals surface area (Å²) in [6.07, 6.45) is 0.164. The standard InChI is InChI=1S/C41H68N4O17/c42-6-8-50-10-12-52-14-16-54-18-20-56-22-24-58-26-28-60-30-32-62-33-31-61-29-27-59-25-23-57-21-19-55-17-15-53-13-11-51-9-7-43-35-3-1-2-34-38(35)41(49)45(40(34)48)36-4-5-37(46)44-39(36)47/h1-3,36,43H,4-33,42H2,(H,44,46,47). The number of nitrogens with one attached hydrogen (secondary N) is 2. The maximum absolute atomic E-state index is 13.2. The maximum atomic E-state index is 13.2. The summed E-state index contributed by atoms with van der Waals surface area (Å²) in [5, 5.41) is 5.33. The molecule has 62 heavy (non-hydrogen) atoms. The van der Waals surface area contributed by atoms with Gasteiger partial charge in [0.2, 0.25) is 11.8 Å². The van der Waals surface area contributed by atoms with Crippen LogP contribution in [0.5, 0.6) is 0 Å². The Balaban J connectivity index is 0.963. The van der Waals surface area contributed by atoms with Crippen LogP contribution in [0.1, 0.15) is 33.6 Å². The average Bonchev–Trinajstić information content (AvgIpc) is 3.52. The third-order valence-corrected chi connectivity index (χ3v) is 8.76. The summed E-state index contributed by atoms with van der Waals surface area (Å²) in [4.78, 5) is 50.9. The summed E-state index contributed by atoms with van der Waals surface area (Å²) in [5.41, 5.74) is 6.24. The van der Waals surface area contributed by atoms with Crippen molar-refractivity contribution in [2.75, 3.05) is 190 Å². The number of amides is 4. The first-order valence-corrected chi connectivity index (χ1v) is 21.3. The van der Waals surface area contributed by atoms with E-state index < -0.39 is 29.7 Å². The molecule has 1 aromatic carbocycles. The van der Waals surface area contributed by atoms with Crippen molar-refractivity contribution in [1.82, 2.24) is 10.2 Å². The van der Waals surface area contributed by atoms with Crippen LogP contribution in [0.4, 0.5) is 5.69 Å². The first kappa shape index (κ1) is 53.1. The second-order valence-electron chi connectivity index (χ2n) is 13.4. The van der Waals surface area contributed by atoms with Crippen LogP contribution >= 0.6 is 0 Å². The van der Waals surface area contributed by atoms with Gasteiger partial charge in [-0.2, -0.15) is 0 Å². The minimum absolute atomic E-state index is 0.0631. The van der Waals surface area contributed by atoms with Gasteiger partial charge in [0, 0.05) is 25.2 Å². The molecule has 1 aromatic rings. The molecule has 21 heteroatoms. The Bertz CT molecular complexity index is 1360. The van der Waals surface area contributed by atoms with Crippen molar-refractivity contribution in [3.05, 3.63) is 29.3 Å². The lowest BCUT2D eigenvalue weighted by Crippen LogP contribution is -2.54. The van der Waals surface area contributed by atoms with Gasteiger partial charge in [0.25, 0.3) is 11.8 Å². The molecule has 1 atom stereocenters. The van der Waals surface area contributed by atoms with Crippen molar-refractivity contribution in [3.63, 3.8) is 0 Å². The van der Waals surface area contributed by atoms with Crippen LogP contribution in [0.2, 0.25) is 0 Å². The van der Waals surface area contributed by atoms with Crippen LogP contribution in [0, 0.1) is 0 Å². The number of fused-ring (bicyclic) bond motifs is 1. The minimum Gasteiger partial charge on any atom is -0.382 e. The van der Waals surface area contributed by atoms with Crippen molar-refractivity contribution in [2.45, 2.75) is 18.9 Å². The highest BCUT2D eigenvalue weighted by atomic mass is 16.6. The van der Waals surface area contributed by atoms with Gasteiger partial charge in [0.15, 0.2) is 0 Å². The van der Waals surface area contributed by atoms with E-state index in [9.17, 15) is 19.2 Å². The molecule has 0 aliphatic carbocycles. The molecule has 2 heterocycles. The number of hydrogen-bond acceptors (Lipinski definition) is 19. The van der Waals surface area contributed by atoms with E-state index in [1.165, 1.54) is 0 Å². The minimum atomic E-state index is -1.01. The topological polar surface area (TPSA) is 242 Å². The summed E-state index contributed by atoms with van der Waals surface area (Å²) in [6.45, 7) is 13.1. The van der Waals surface area contributed by atoms with Gasteiger partial charge < -0.3 is 72.6 Å². The Hall–Kier alpha value is -3.26. The fourth-order valence-corrected chi connectivity index (χ4v) is 5.74. The predicted octanol–water partition coefficient (Wildman–Crippen LogP) is -0.326. The molecule has 21 nitrogen and oxygen atoms in total. The zero-order valence-corrected chi connectivity index (χ0v) is 36.0. The number of carbonyl (C=O) groups excluding carboxylic acids is 4. The number of anilines is 1. The average molecular weight is 889 g/mol. The van der Waals surface area contributed by atoms with E-state index in [1.54, 1.807) is 18.2 Å². The van der Waals surface area contributed by atoms with Crippen LogP contribution in [0.3, 0.4) is 0 Å². The zero-order valence-electron chi connectivity index (χ0n) is 36.0. The van der Waals surface area contributed by atoms with Crippen LogP contribution < -0.4 is 16.4 Å². The lowest BCUT2D eigenvalue weighted by Gasteiger charge is -2.27. The van der Waals surface area contributed by atoms with Gasteiger partial charge in [-0.05, 0) is 18.6 Å². The molecule has 0 radical (unpaired) electrons. The van der Waals surface area contributed by atoms with Gasteiger partial charge in [-0.1, -0.05) is 6.07 Å². The fraction of sp³-hybridized carbons (Fsp3) is 0.756. The lowest BCUT2D eigenvalue weighted by atomic mass is 10.0. The number of benzene rings is 1. The quantitative estimate of drug-likeness (QED) is 0.0562. The Morgan fingerprint density at radius 1 is 0.500 bits per heavy atom. The second-order valence-corrected chi connectivity index (χ2v) is 13.4. The first-order chi connectivity index (χ1) is 30.5. The number of hydrogen-bond donors (Lipinski definition) is 3. The van der Waals surface area contributed by atoms with Crippen LogP contribution in [0.15, 0.2) is 18.2 Å². The van der Waals surface area contributed by atoms with E-state index in [0.29, 0.717) is 191 Å². The molecule has 4 amide bonds. The van der Waals surface area contributed by atoms with E-state index >= 15 is 0 Å². The number of piperidine rings is 1. The Morgan fingerprint density at radius 3 is 1.21 bits per heavy atom. The number of ether oxygens (including phenoxy) is 13. The fourth-order valence-electron chi connectivity index (χ4n) is 5.74. The Labute approximate surface area is 364 Å². The van der Waals surface area contributed by atoms with Crippen LogP contribution in [-0.4, -0.2) is 219 Å². The largest absolute Gasteiger partial charge is 0.382 e. The highest BCUT2D eigenvalue weighted by Crippen LogP contribution is 2.32. The molecule has 1 saturated heterocycles. The third-order valence-electron chi connectivity index (χ3n) is 8.76. The van der Waals surface area contributed by atoms with Crippen molar-refractivity contribution < 1.29 is 80.8 Å². The van der Waals surface area contributed by atoms with Gasteiger partial charge in [0.05, 0.1) is 183 Å². The molecule has 4 N–H and O–H groups in total. The van der Waals surface area contributed by atoms with Crippen molar-refractivity contribution in [1.29, 1.82) is 0 Å². The molecule has 0 bridgehead atoms. The molecular weight excluding hydrogens is 820 g/mol. The molecular formula is C41H68N4O17. The highest BCUT2D eigenvalue weighted by molar-refractivity contribution is 6.25. The lowest BCUT2D eigenvalue weighted by molar-refractivity contribution is -0.136. The second kappa shape index (κ2) is 36.1. The summed E-state index contributed by atoms with van der Waals surface area (Å²) in [7, 11) is 0. The molecule has 354 valence electrons. The number of nitrogens with zero attached hydrogens (tertiary/aromatic N) is 1. The monoisotopic (exact) mass is 888 g/mol. The van der Waals surface area contributed by atoms with Gasteiger partial charge in [-0.3, -0.25) is 29.4 Å². The SMILES string of the molecule is NCCOCCOCCOCCOCCOCCOCCOCCOCCOCCOCCOCCOCCOCCNc1cccc2c1C(=O)N(C1CCC(=O)NC1=O)C2=O. The first-order valence-electron chi connectivity index (χ1n) is 21.3. The Morgan fingerprint density at radius 2 is 0.855 bits per heavy atom. The molecule has 2 aliphatic rings. The highest BCUT2D eigenvalue weighted by Gasteiger charge is 2.45. The van der Waals surface area contributed by atoms with E-state index in [1.807, 2.05) is 0 Å². The van der Waals surface area contributed by atoms with Gasteiger partial charge >= 0.3 is 0 Å². The van der Waals surface area contributed by atoms with Gasteiger partial charge in [-0.25, -0.2) is 0 Å². The maximum Gasteiger partial charge on any atom is 0.264 e. The van der Waals surface area contributed by atoms with E-state index in [0.717, 1.165) is 4.90 Å². The van der Waals surface area contributed by atoms with Gasteiger partial charge in [0.1, 0.15) is 6.04 Å². The predicted molar refractivity (Wildman–Crippen MR) is 221 cm³/mol. The number of rotatable bonds is 43. The molecule has 0 saturated carbocycles. The van der Waals surface area contributed by atoms with E-state index in [2.05, 4.69) is 10.6 Å². The number of nitrogens with two attached hydrogens (primary N) is 1. The van der Waals surface area contributed by atoms with E-state index in [-0.39, 0.29) is 24.0 Å². The molecule has 3 rings (SSSR count). The van der Waals surface area contributed by atoms with E-state index in [4.69, 9.17) is 67.3 Å². The van der Waals surface area contributed by atoms with Crippen molar-refractivity contribution in [2.24, 2.45) is 5.73 Å². The summed E-state index contributed by atoms with van der Waals surface area (Å²) in [5.74, 6) is -2.18.